The van der Waals surface area contributed by atoms with Crippen molar-refractivity contribution >= 4 is 17.6 Å². The predicted octanol–water partition coefficient (Wildman–Crippen LogP) is 3.01. The average molecular weight is 311 g/mol. The average Bonchev–Trinajstić information content (AvgIpc) is 2.53. The minimum Gasteiger partial charge on any atom is -0.479 e. The molecule has 118 valence electrons. The molecule has 1 atom stereocenters. The van der Waals surface area contributed by atoms with Crippen LogP contribution in [-0.2, 0) is 11.3 Å². The monoisotopic (exact) mass is 311 g/mol. The molecule has 0 aromatic heterocycles. The van der Waals surface area contributed by atoms with E-state index in [2.05, 4.69) is 0 Å². The fourth-order valence-electron chi connectivity index (χ4n) is 2.58. The number of amides is 1. The largest absolute Gasteiger partial charge is 0.479 e. The number of carboxylic acids is 1. The van der Waals surface area contributed by atoms with E-state index in [0.29, 0.717) is 18.0 Å². The van der Waals surface area contributed by atoms with Crippen LogP contribution < -0.4 is 9.64 Å². The highest BCUT2D eigenvalue weighted by molar-refractivity contribution is 6.00. The number of benzene rings is 2. The molecule has 0 spiro atoms. The molecule has 1 unspecified atom stereocenters. The van der Waals surface area contributed by atoms with Crippen LogP contribution in [-0.4, -0.2) is 23.1 Å². The lowest BCUT2D eigenvalue weighted by Crippen LogP contribution is -2.44. The number of ether oxygens (including phenoxy) is 1. The highest BCUT2D eigenvalue weighted by Crippen LogP contribution is 2.35. The molecule has 5 heteroatoms. The van der Waals surface area contributed by atoms with E-state index < -0.39 is 12.1 Å². The van der Waals surface area contributed by atoms with Gasteiger partial charge in [-0.25, -0.2) is 4.79 Å². The van der Waals surface area contributed by atoms with E-state index in [1.54, 1.807) is 17.9 Å². The third-order valence-electron chi connectivity index (χ3n) is 3.88. The second-order valence-electron chi connectivity index (χ2n) is 5.66. The normalized spacial score (nSPS) is 16.7. The second kappa shape index (κ2) is 5.76. The number of carbonyl (C=O) groups excluding carboxylic acids is 1. The summed E-state index contributed by atoms with van der Waals surface area (Å²) in [6.07, 6.45) is -0.642. The van der Waals surface area contributed by atoms with Gasteiger partial charge in [-0.2, -0.15) is 0 Å². The summed E-state index contributed by atoms with van der Waals surface area (Å²) in [6, 6.07) is 12.5. The van der Waals surface area contributed by atoms with Crippen molar-refractivity contribution in [3.63, 3.8) is 0 Å². The fourth-order valence-corrected chi connectivity index (χ4v) is 2.58. The molecule has 0 bridgehead atoms. The van der Waals surface area contributed by atoms with E-state index in [1.807, 2.05) is 31.2 Å². The Balaban J connectivity index is 1.98. The first-order valence-corrected chi connectivity index (χ1v) is 7.36. The topological polar surface area (TPSA) is 66.8 Å². The number of anilines is 1. The van der Waals surface area contributed by atoms with Crippen LogP contribution in [0.1, 0.15) is 28.4 Å². The zero-order valence-electron chi connectivity index (χ0n) is 12.9. The third kappa shape index (κ3) is 2.90. The fraction of sp³-hybridized carbons (Fsp3) is 0.222. The quantitative estimate of drug-likeness (QED) is 0.946. The lowest BCUT2D eigenvalue weighted by atomic mass is 10.1. The number of nitrogens with zero attached hydrogens (tertiary/aromatic N) is 1. The van der Waals surface area contributed by atoms with Crippen LogP contribution in [0.15, 0.2) is 42.5 Å². The first-order valence-electron chi connectivity index (χ1n) is 7.36. The highest BCUT2D eigenvalue weighted by Gasteiger charge is 2.32. The number of carboxylic acid groups (broad SMARTS) is 1. The molecule has 1 aliphatic heterocycles. The van der Waals surface area contributed by atoms with Crippen LogP contribution >= 0.6 is 0 Å². The van der Waals surface area contributed by atoms with Gasteiger partial charge in [0.25, 0.3) is 5.91 Å². The molecule has 0 radical (unpaired) electrons. The molecule has 2 aromatic carbocycles. The second-order valence-corrected chi connectivity index (χ2v) is 5.66. The van der Waals surface area contributed by atoms with Crippen molar-refractivity contribution in [1.82, 2.24) is 0 Å². The summed E-state index contributed by atoms with van der Waals surface area (Å²) in [5.41, 5.74) is 2.90. The predicted molar refractivity (Wildman–Crippen MR) is 85.9 cm³/mol. The summed E-state index contributed by atoms with van der Waals surface area (Å²) in [6.45, 7) is 4.10. The highest BCUT2D eigenvalue weighted by atomic mass is 16.5. The molecule has 1 amide bonds. The van der Waals surface area contributed by atoms with Crippen molar-refractivity contribution in [3.05, 3.63) is 59.2 Å². The molecule has 1 aliphatic rings. The van der Waals surface area contributed by atoms with Gasteiger partial charge >= 0.3 is 5.97 Å². The Bertz CT molecular complexity index is 767. The van der Waals surface area contributed by atoms with E-state index >= 15 is 0 Å². The van der Waals surface area contributed by atoms with Gasteiger partial charge < -0.3 is 14.7 Å². The summed E-state index contributed by atoms with van der Waals surface area (Å²) >= 11 is 0. The molecule has 0 fully saturated rings. The molecule has 5 nitrogen and oxygen atoms in total. The Morgan fingerprint density at radius 1 is 1.22 bits per heavy atom. The first kappa shape index (κ1) is 15.1. The van der Waals surface area contributed by atoms with Crippen molar-refractivity contribution in [1.29, 1.82) is 0 Å². The number of fused-ring (bicyclic) bond motifs is 1. The van der Waals surface area contributed by atoms with Crippen molar-refractivity contribution in [2.45, 2.75) is 26.5 Å². The molecular weight excluding hydrogens is 294 g/mol. The molecule has 1 N–H and O–H groups in total. The molecule has 1 heterocycles. The number of rotatable bonds is 3. The van der Waals surface area contributed by atoms with E-state index in [9.17, 15) is 9.59 Å². The SMILES string of the molecule is Cc1ccc(CN2C(=O)C(C)Oc3cc(C(=O)O)ccc32)cc1. The van der Waals surface area contributed by atoms with E-state index in [0.717, 1.165) is 11.1 Å². The van der Waals surface area contributed by atoms with Gasteiger partial charge in [-0.05, 0) is 37.6 Å². The standard InChI is InChI=1S/C18H17NO4/c1-11-3-5-13(6-4-11)10-19-15-8-7-14(18(21)22)9-16(15)23-12(2)17(19)20/h3-9,12H,10H2,1-2H3,(H,21,22). The van der Waals surface area contributed by atoms with Crippen LogP contribution in [0.5, 0.6) is 5.75 Å². The van der Waals surface area contributed by atoms with Gasteiger partial charge in [-0.1, -0.05) is 29.8 Å². The van der Waals surface area contributed by atoms with Crippen LogP contribution in [0.25, 0.3) is 0 Å². The number of aryl methyl sites for hydroxylation is 1. The van der Waals surface area contributed by atoms with Crippen LogP contribution in [0, 0.1) is 6.92 Å². The van der Waals surface area contributed by atoms with Crippen molar-refractivity contribution in [3.8, 4) is 5.75 Å². The van der Waals surface area contributed by atoms with Gasteiger partial charge in [0.05, 0.1) is 17.8 Å². The first-order chi connectivity index (χ1) is 11.0. The minimum atomic E-state index is -1.02. The molecule has 2 aromatic rings. The Morgan fingerprint density at radius 2 is 1.91 bits per heavy atom. The van der Waals surface area contributed by atoms with Crippen molar-refractivity contribution < 1.29 is 19.4 Å². The number of carbonyl (C=O) groups is 2. The molecule has 0 saturated carbocycles. The maximum Gasteiger partial charge on any atom is 0.335 e. The molecule has 23 heavy (non-hydrogen) atoms. The van der Waals surface area contributed by atoms with E-state index in [1.165, 1.54) is 12.1 Å². The summed E-state index contributed by atoms with van der Waals surface area (Å²) in [7, 11) is 0. The van der Waals surface area contributed by atoms with Gasteiger partial charge in [0, 0.05) is 0 Å². The molecule has 3 rings (SSSR count). The lowest BCUT2D eigenvalue weighted by molar-refractivity contribution is -0.125. The minimum absolute atomic E-state index is 0.138. The number of hydrogen-bond donors (Lipinski definition) is 1. The third-order valence-corrected chi connectivity index (χ3v) is 3.88. The molecular formula is C18H17NO4. The Morgan fingerprint density at radius 3 is 2.57 bits per heavy atom. The Labute approximate surface area is 134 Å². The van der Waals surface area contributed by atoms with Gasteiger partial charge in [0.15, 0.2) is 6.10 Å². The van der Waals surface area contributed by atoms with Crippen LogP contribution in [0.4, 0.5) is 5.69 Å². The van der Waals surface area contributed by atoms with Gasteiger partial charge in [-0.3, -0.25) is 4.79 Å². The zero-order chi connectivity index (χ0) is 16.6. The number of aromatic carboxylic acids is 1. The maximum atomic E-state index is 12.5. The van der Waals surface area contributed by atoms with Gasteiger partial charge in [0.2, 0.25) is 0 Å². The van der Waals surface area contributed by atoms with Crippen LogP contribution in [0.3, 0.4) is 0 Å². The summed E-state index contributed by atoms with van der Waals surface area (Å²) in [4.78, 5) is 25.2. The smallest absolute Gasteiger partial charge is 0.335 e. The summed E-state index contributed by atoms with van der Waals surface area (Å²) in [5.74, 6) is -0.740. The van der Waals surface area contributed by atoms with Crippen molar-refractivity contribution in [2.24, 2.45) is 0 Å². The van der Waals surface area contributed by atoms with E-state index in [-0.39, 0.29) is 11.5 Å². The summed E-state index contributed by atoms with van der Waals surface area (Å²) < 4.78 is 5.57. The molecule has 0 saturated heterocycles. The lowest BCUT2D eigenvalue weighted by Gasteiger charge is -2.33. The summed E-state index contributed by atoms with van der Waals surface area (Å²) in [5, 5.41) is 9.10. The Hall–Kier alpha value is -2.82. The van der Waals surface area contributed by atoms with Crippen molar-refractivity contribution in [2.75, 3.05) is 4.90 Å². The van der Waals surface area contributed by atoms with Gasteiger partial charge in [-0.15, -0.1) is 0 Å². The molecule has 0 aliphatic carbocycles. The van der Waals surface area contributed by atoms with Gasteiger partial charge in [0.1, 0.15) is 5.75 Å². The van der Waals surface area contributed by atoms with Crippen LogP contribution in [0.2, 0.25) is 0 Å². The zero-order valence-corrected chi connectivity index (χ0v) is 12.9. The number of hydrogen-bond acceptors (Lipinski definition) is 3. The Kier molecular flexibility index (Phi) is 3.78. The maximum absolute atomic E-state index is 12.5. The van der Waals surface area contributed by atoms with E-state index in [4.69, 9.17) is 9.84 Å².